The molecule has 0 amide bonds. The molecule has 1 aliphatic carbocycles. The van der Waals surface area contributed by atoms with Gasteiger partial charge in [-0.3, -0.25) is 4.90 Å². The first-order valence-electron chi connectivity index (χ1n) is 6.71. The number of nitrogens with zero attached hydrogens (tertiary/aromatic N) is 1. The third kappa shape index (κ3) is 1.72. The molecule has 0 bridgehead atoms. The Bertz CT molecular complexity index is 319. The van der Waals surface area contributed by atoms with Gasteiger partial charge in [0.15, 0.2) is 0 Å². The molecule has 2 fully saturated rings. The summed E-state index contributed by atoms with van der Waals surface area (Å²) >= 11 is 1.97. The first-order chi connectivity index (χ1) is 7.92. The Hall–Kier alpha value is -0.340. The molecule has 16 heavy (non-hydrogen) atoms. The fraction of sp³-hybridized carbons (Fsp3) is 0.714. The minimum atomic E-state index is 0.439. The van der Waals surface area contributed by atoms with Gasteiger partial charge in [-0.25, -0.2) is 0 Å². The standard InChI is InChI=1S/C14H21NS/c1-4-10-15(11-5-1)14(8-2-3-9-14)13-7-6-12-16-13/h6-7,12H,1-5,8-11H2. The highest BCUT2D eigenvalue weighted by molar-refractivity contribution is 7.10. The lowest BCUT2D eigenvalue weighted by Gasteiger charge is -2.43. The first-order valence-corrected chi connectivity index (χ1v) is 7.59. The van der Waals surface area contributed by atoms with Crippen LogP contribution in [0.25, 0.3) is 0 Å². The summed E-state index contributed by atoms with van der Waals surface area (Å²) in [7, 11) is 0. The fourth-order valence-corrected chi connectivity index (χ4v) is 4.56. The minimum absolute atomic E-state index is 0.439. The molecule has 2 aliphatic rings. The smallest absolute Gasteiger partial charge is 0.0553 e. The molecule has 2 heteroatoms. The largest absolute Gasteiger partial charge is 0.293 e. The topological polar surface area (TPSA) is 3.24 Å². The van der Waals surface area contributed by atoms with Gasteiger partial charge in [0, 0.05) is 4.88 Å². The number of piperidine rings is 1. The summed E-state index contributed by atoms with van der Waals surface area (Å²) in [5.41, 5.74) is 0.439. The molecule has 3 rings (SSSR count). The monoisotopic (exact) mass is 235 g/mol. The van der Waals surface area contributed by atoms with Crippen molar-refractivity contribution in [2.75, 3.05) is 13.1 Å². The van der Waals surface area contributed by atoms with Gasteiger partial charge in [0.25, 0.3) is 0 Å². The molecule has 0 atom stereocenters. The molecule has 1 aromatic heterocycles. The van der Waals surface area contributed by atoms with Crippen LogP contribution in [0.4, 0.5) is 0 Å². The highest BCUT2D eigenvalue weighted by Gasteiger charge is 2.41. The maximum Gasteiger partial charge on any atom is 0.0553 e. The number of hydrogen-bond acceptors (Lipinski definition) is 2. The molecule has 88 valence electrons. The van der Waals surface area contributed by atoms with Gasteiger partial charge in [-0.15, -0.1) is 11.3 Å². The van der Waals surface area contributed by atoms with E-state index < -0.39 is 0 Å². The van der Waals surface area contributed by atoms with Crippen molar-refractivity contribution in [3.05, 3.63) is 22.4 Å². The zero-order valence-corrected chi connectivity index (χ0v) is 10.8. The van der Waals surface area contributed by atoms with Crippen molar-refractivity contribution in [3.63, 3.8) is 0 Å². The van der Waals surface area contributed by atoms with E-state index in [1.807, 2.05) is 11.3 Å². The van der Waals surface area contributed by atoms with Crippen LogP contribution in [0.5, 0.6) is 0 Å². The number of thiophene rings is 1. The van der Waals surface area contributed by atoms with E-state index in [-0.39, 0.29) is 0 Å². The second-order valence-corrected chi connectivity index (χ2v) is 6.21. The Morgan fingerprint density at radius 2 is 1.75 bits per heavy atom. The van der Waals surface area contributed by atoms with Gasteiger partial charge in [-0.2, -0.15) is 0 Å². The highest BCUT2D eigenvalue weighted by Crippen LogP contribution is 2.46. The summed E-state index contributed by atoms with van der Waals surface area (Å²) in [5.74, 6) is 0. The van der Waals surface area contributed by atoms with Crippen LogP contribution in [0.1, 0.15) is 49.8 Å². The van der Waals surface area contributed by atoms with Crippen LogP contribution in [0.15, 0.2) is 17.5 Å². The Labute approximate surface area is 102 Å². The fourth-order valence-electron chi connectivity index (χ4n) is 3.54. The second-order valence-electron chi connectivity index (χ2n) is 5.26. The lowest BCUT2D eigenvalue weighted by molar-refractivity contribution is 0.0714. The van der Waals surface area contributed by atoms with Crippen molar-refractivity contribution in [2.24, 2.45) is 0 Å². The molecule has 0 N–H and O–H groups in total. The number of rotatable bonds is 2. The molecule has 0 radical (unpaired) electrons. The van der Waals surface area contributed by atoms with Gasteiger partial charge < -0.3 is 0 Å². The summed E-state index contributed by atoms with van der Waals surface area (Å²) < 4.78 is 0. The molecule has 1 saturated carbocycles. The van der Waals surface area contributed by atoms with Crippen LogP contribution < -0.4 is 0 Å². The molecule has 0 unspecified atom stereocenters. The third-order valence-corrected chi connectivity index (χ3v) is 5.44. The van der Waals surface area contributed by atoms with E-state index in [1.165, 1.54) is 58.0 Å². The molecule has 0 spiro atoms. The summed E-state index contributed by atoms with van der Waals surface area (Å²) in [4.78, 5) is 4.43. The van der Waals surface area contributed by atoms with Crippen LogP contribution >= 0.6 is 11.3 Å². The van der Waals surface area contributed by atoms with Crippen molar-refractivity contribution in [3.8, 4) is 0 Å². The molecule has 1 nitrogen and oxygen atoms in total. The summed E-state index contributed by atoms with van der Waals surface area (Å²) in [6.07, 6.45) is 9.90. The summed E-state index contributed by atoms with van der Waals surface area (Å²) in [6, 6.07) is 4.59. The van der Waals surface area contributed by atoms with E-state index in [0.29, 0.717) is 5.54 Å². The normalized spacial score (nSPS) is 26.0. The van der Waals surface area contributed by atoms with E-state index in [4.69, 9.17) is 0 Å². The summed E-state index contributed by atoms with van der Waals surface area (Å²) in [5, 5.41) is 2.25. The maximum atomic E-state index is 2.80. The van der Waals surface area contributed by atoms with Gasteiger partial charge in [0.1, 0.15) is 0 Å². The predicted molar refractivity (Wildman–Crippen MR) is 69.9 cm³/mol. The molecule has 1 saturated heterocycles. The predicted octanol–water partition coefficient (Wildman–Crippen LogP) is 4.00. The molecule has 1 aromatic rings. The van der Waals surface area contributed by atoms with E-state index >= 15 is 0 Å². The number of hydrogen-bond donors (Lipinski definition) is 0. The lowest BCUT2D eigenvalue weighted by Crippen LogP contribution is -2.46. The zero-order valence-electron chi connectivity index (χ0n) is 9.95. The van der Waals surface area contributed by atoms with Gasteiger partial charge in [-0.1, -0.05) is 25.3 Å². The van der Waals surface area contributed by atoms with Crippen molar-refractivity contribution in [1.82, 2.24) is 4.90 Å². The zero-order chi connectivity index (χ0) is 10.8. The maximum absolute atomic E-state index is 2.80. The van der Waals surface area contributed by atoms with E-state index in [1.54, 1.807) is 4.88 Å². The average molecular weight is 235 g/mol. The van der Waals surface area contributed by atoms with Gasteiger partial charge in [0.05, 0.1) is 5.54 Å². The molecule has 2 heterocycles. The van der Waals surface area contributed by atoms with Crippen molar-refractivity contribution in [1.29, 1.82) is 0 Å². The second kappa shape index (κ2) is 4.50. The SMILES string of the molecule is c1csc(C2(N3CCCCC3)CCCC2)c1. The van der Waals surface area contributed by atoms with Gasteiger partial charge in [0.2, 0.25) is 0 Å². The lowest BCUT2D eigenvalue weighted by atomic mass is 9.90. The van der Waals surface area contributed by atoms with E-state index in [0.717, 1.165) is 0 Å². The van der Waals surface area contributed by atoms with Crippen LogP contribution in [0.3, 0.4) is 0 Å². The summed E-state index contributed by atoms with van der Waals surface area (Å²) in [6.45, 7) is 2.66. The Morgan fingerprint density at radius 1 is 1.00 bits per heavy atom. The quantitative estimate of drug-likeness (QED) is 0.749. The van der Waals surface area contributed by atoms with Gasteiger partial charge >= 0.3 is 0 Å². The van der Waals surface area contributed by atoms with Crippen LogP contribution in [-0.4, -0.2) is 18.0 Å². The van der Waals surface area contributed by atoms with Crippen LogP contribution in [0.2, 0.25) is 0 Å². The van der Waals surface area contributed by atoms with E-state index in [2.05, 4.69) is 22.4 Å². The number of likely N-dealkylation sites (tertiary alicyclic amines) is 1. The van der Waals surface area contributed by atoms with Crippen LogP contribution in [0, 0.1) is 0 Å². The van der Waals surface area contributed by atoms with E-state index in [9.17, 15) is 0 Å². The Morgan fingerprint density at radius 3 is 2.38 bits per heavy atom. The van der Waals surface area contributed by atoms with Crippen molar-refractivity contribution in [2.45, 2.75) is 50.5 Å². The Balaban J connectivity index is 1.90. The highest BCUT2D eigenvalue weighted by atomic mass is 32.1. The Kier molecular flexibility index (Phi) is 3.03. The van der Waals surface area contributed by atoms with Gasteiger partial charge in [-0.05, 0) is 50.2 Å². The van der Waals surface area contributed by atoms with Crippen LogP contribution in [-0.2, 0) is 5.54 Å². The molecule has 1 aliphatic heterocycles. The molecular formula is C14H21NS. The first kappa shape index (κ1) is 10.8. The van der Waals surface area contributed by atoms with Crippen molar-refractivity contribution >= 4 is 11.3 Å². The minimum Gasteiger partial charge on any atom is -0.293 e. The average Bonchev–Trinajstić information content (AvgIpc) is 3.02. The third-order valence-electron chi connectivity index (χ3n) is 4.37. The molecular weight excluding hydrogens is 214 g/mol. The van der Waals surface area contributed by atoms with Crippen molar-refractivity contribution < 1.29 is 0 Å². The molecule has 0 aromatic carbocycles.